The minimum absolute atomic E-state index is 0.0351. The van der Waals surface area contributed by atoms with Crippen LogP contribution in [0.3, 0.4) is 0 Å². The van der Waals surface area contributed by atoms with Gasteiger partial charge in [0.05, 0.1) is 6.20 Å². The molecular weight excluding hydrogens is 378 g/mol. The van der Waals surface area contributed by atoms with Crippen LogP contribution in [0, 0.1) is 0 Å². The van der Waals surface area contributed by atoms with Crippen molar-refractivity contribution in [2.24, 2.45) is 0 Å². The first kappa shape index (κ1) is 18.6. The van der Waals surface area contributed by atoms with E-state index < -0.39 is 0 Å². The van der Waals surface area contributed by atoms with Gasteiger partial charge in [-0.2, -0.15) is 9.90 Å². The van der Waals surface area contributed by atoms with Crippen molar-refractivity contribution in [3.63, 3.8) is 0 Å². The lowest BCUT2D eigenvalue weighted by Crippen LogP contribution is -2.41. The molecule has 0 spiro atoms. The molecule has 0 radical (unpaired) electrons. The van der Waals surface area contributed by atoms with Gasteiger partial charge in [0.1, 0.15) is 6.54 Å². The Morgan fingerprint density at radius 1 is 1.32 bits per heavy atom. The maximum Gasteiger partial charge on any atom is 0.243 e. The summed E-state index contributed by atoms with van der Waals surface area (Å²) in [5.74, 6) is 0.344. The molecule has 1 N–H and O–H groups in total. The van der Waals surface area contributed by atoms with Gasteiger partial charge in [-0.25, -0.2) is 0 Å². The van der Waals surface area contributed by atoms with Crippen LogP contribution in [-0.2, 0) is 24.2 Å². The minimum Gasteiger partial charge on any atom is -0.351 e. The number of rotatable bonds is 5. The zero-order chi connectivity index (χ0) is 19.7. The summed E-state index contributed by atoms with van der Waals surface area (Å²) in [5, 5.41) is 20.5. The average Bonchev–Trinajstić information content (AvgIpc) is 3.29. The molecule has 1 aliphatic rings. The normalized spacial score (nSPS) is 16.2. The molecule has 0 aliphatic heterocycles. The highest BCUT2D eigenvalue weighted by atomic mass is 35.5. The second-order valence-corrected chi connectivity index (χ2v) is 7.75. The second kappa shape index (κ2) is 7.71. The van der Waals surface area contributed by atoms with E-state index in [1.807, 2.05) is 23.0 Å². The Bertz CT molecular complexity index is 977. The van der Waals surface area contributed by atoms with Gasteiger partial charge in [0.2, 0.25) is 11.7 Å². The summed E-state index contributed by atoms with van der Waals surface area (Å²) in [6, 6.07) is 7.58. The van der Waals surface area contributed by atoms with E-state index >= 15 is 0 Å². The van der Waals surface area contributed by atoms with Gasteiger partial charge >= 0.3 is 0 Å². The van der Waals surface area contributed by atoms with Crippen molar-refractivity contribution in [1.82, 2.24) is 35.3 Å². The molecule has 146 valence electrons. The molecule has 1 unspecified atom stereocenters. The third kappa shape index (κ3) is 3.91. The fraction of sp³-hybridized carbons (Fsp3) is 0.421. The number of nitrogens with zero attached hydrogens (tertiary/aromatic N) is 6. The monoisotopic (exact) mass is 399 g/mol. The van der Waals surface area contributed by atoms with Gasteiger partial charge in [-0.05, 0) is 61.7 Å². The summed E-state index contributed by atoms with van der Waals surface area (Å²) in [5.41, 5.74) is 3.30. The van der Waals surface area contributed by atoms with Crippen molar-refractivity contribution >= 4 is 17.5 Å². The number of carbonyl (C=O) groups excluding carboxylic acids is 1. The summed E-state index contributed by atoms with van der Waals surface area (Å²) in [7, 11) is 0. The molecule has 1 amide bonds. The van der Waals surface area contributed by atoms with Crippen molar-refractivity contribution in [2.45, 2.75) is 51.7 Å². The van der Waals surface area contributed by atoms with Crippen LogP contribution in [0.2, 0.25) is 5.02 Å². The predicted molar refractivity (Wildman–Crippen MR) is 105 cm³/mol. The number of amides is 1. The van der Waals surface area contributed by atoms with Crippen LogP contribution in [0.5, 0.6) is 0 Å². The lowest BCUT2D eigenvalue weighted by Gasteiger charge is -2.25. The number of halogens is 1. The number of hydrogen-bond donors (Lipinski definition) is 1. The second-order valence-electron chi connectivity index (χ2n) is 7.31. The van der Waals surface area contributed by atoms with Crippen LogP contribution < -0.4 is 5.32 Å². The predicted octanol–water partition coefficient (Wildman–Crippen LogP) is 2.44. The van der Waals surface area contributed by atoms with E-state index in [1.54, 1.807) is 12.1 Å². The van der Waals surface area contributed by atoms with Gasteiger partial charge in [0.15, 0.2) is 0 Å². The Balaban J connectivity index is 1.37. The van der Waals surface area contributed by atoms with Gasteiger partial charge in [0, 0.05) is 34.8 Å². The van der Waals surface area contributed by atoms with Gasteiger partial charge in [0.25, 0.3) is 0 Å². The lowest BCUT2D eigenvalue weighted by molar-refractivity contribution is -0.122. The average molecular weight is 400 g/mol. The molecule has 28 heavy (non-hydrogen) atoms. The van der Waals surface area contributed by atoms with Gasteiger partial charge in [-0.1, -0.05) is 11.6 Å². The highest BCUT2D eigenvalue weighted by Crippen LogP contribution is 2.23. The molecule has 2 aromatic heterocycles. The third-order valence-corrected chi connectivity index (χ3v) is 5.13. The molecule has 3 aromatic rings. The van der Waals surface area contributed by atoms with Crippen LogP contribution in [0.1, 0.15) is 37.6 Å². The van der Waals surface area contributed by atoms with Crippen molar-refractivity contribution in [2.75, 3.05) is 0 Å². The van der Waals surface area contributed by atoms with Gasteiger partial charge < -0.3 is 5.32 Å². The smallest absolute Gasteiger partial charge is 0.243 e. The van der Waals surface area contributed by atoms with E-state index in [2.05, 4.69) is 39.7 Å². The summed E-state index contributed by atoms with van der Waals surface area (Å²) < 4.78 is 2.05. The number of tetrazole rings is 1. The zero-order valence-electron chi connectivity index (χ0n) is 15.8. The number of benzene rings is 1. The van der Waals surface area contributed by atoms with Gasteiger partial charge in [-0.3, -0.25) is 9.48 Å². The molecule has 0 saturated heterocycles. The van der Waals surface area contributed by atoms with E-state index in [0.717, 1.165) is 24.8 Å². The SMILES string of the molecule is CC(C)n1ncc2c1CC(NC(=O)Cn1nnc(-c3ccc(Cl)cc3)n1)CC2. The molecule has 1 aromatic carbocycles. The molecule has 0 bridgehead atoms. The van der Waals surface area contributed by atoms with E-state index in [9.17, 15) is 4.79 Å². The number of fused-ring (bicyclic) bond motifs is 1. The third-order valence-electron chi connectivity index (χ3n) is 4.88. The first-order chi connectivity index (χ1) is 13.5. The van der Waals surface area contributed by atoms with Crippen LogP contribution in [0.15, 0.2) is 30.5 Å². The number of hydrogen-bond acceptors (Lipinski definition) is 5. The summed E-state index contributed by atoms with van der Waals surface area (Å²) in [4.78, 5) is 13.8. The maximum atomic E-state index is 12.5. The molecule has 1 atom stereocenters. The molecule has 8 nitrogen and oxygen atoms in total. The quantitative estimate of drug-likeness (QED) is 0.711. The summed E-state index contributed by atoms with van der Waals surface area (Å²) in [6.07, 6.45) is 4.57. The number of nitrogens with one attached hydrogen (secondary N) is 1. The molecule has 2 heterocycles. The number of aryl methyl sites for hydroxylation is 1. The van der Waals surface area contributed by atoms with E-state index in [-0.39, 0.29) is 18.5 Å². The zero-order valence-corrected chi connectivity index (χ0v) is 16.6. The molecule has 9 heteroatoms. The van der Waals surface area contributed by atoms with Crippen LogP contribution in [-0.4, -0.2) is 41.9 Å². The highest BCUT2D eigenvalue weighted by molar-refractivity contribution is 6.30. The van der Waals surface area contributed by atoms with Crippen molar-refractivity contribution in [3.8, 4) is 11.4 Å². The Hall–Kier alpha value is -2.74. The Morgan fingerprint density at radius 3 is 2.86 bits per heavy atom. The van der Waals surface area contributed by atoms with E-state index in [0.29, 0.717) is 16.9 Å². The largest absolute Gasteiger partial charge is 0.351 e. The standard InChI is InChI=1S/C19H22ClN7O/c1-12(2)27-17-9-16(8-5-14(17)10-21-27)22-18(28)11-26-24-19(23-25-26)13-3-6-15(20)7-4-13/h3-4,6-7,10,12,16H,5,8-9,11H2,1-2H3,(H,22,28). The Labute approximate surface area is 167 Å². The number of aromatic nitrogens is 6. The number of carbonyl (C=O) groups is 1. The van der Waals surface area contributed by atoms with E-state index in [4.69, 9.17) is 11.6 Å². The maximum absolute atomic E-state index is 12.5. The Kier molecular flexibility index (Phi) is 5.13. The fourth-order valence-electron chi connectivity index (χ4n) is 3.52. The van der Waals surface area contributed by atoms with Crippen molar-refractivity contribution < 1.29 is 4.79 Å². The van der Waals surface area contributed by atoms with Crippen molar-refractivity contribution in [1.29, 1.82) is 0 Å². The van der Waals surface area contributed by atoms with E-state index in [1.165, 1.54) is 16.1 Å². The van der Waals surface area contributed by atoms with Crippen LogP contribution in [0.25, 0.3) is 11.4 Å². The summed E-state index contributed by atoms with van der Waals surface area (Å²) in [6.45, 7) is 4.27. The fourth-order valence-corrected chi connectivity index (χ4v) is 3.64. The minimum atomic E-state index is -0.121. The first-order valence-corrected chi connectivity index (χ1v) is 9.76. The molecular formula is C19H22ClN7O. The Morgan fingerprint density at radius 2 is 2.11 bits per heavy atom. The summed E-state index contributed by atoms with van der Waals surface area (Å²) >= 11 is 5.90. The molecule has 1 aliphatic carbocycles. The van der Waals surface area contributed by atoms with Gasteiger partial charge in [-0.15, -0.1) is 10.2 Å². The molecule has 0 fully saturated rings. The lowest BCUT2D eigenvalue weighted by atomic mass is 9.93. The molecule has 4 rings (SSSR count). The van der Waals surface area contributed by atoms with Crippen LogP contribution in [0.4, 0.5) is 0 Å². The van der Waals surface area contributed by atoms with Crippen LogP contribution >= 0.6 is 11.6 Å². The topological polar surface area (TPSA) is 90.5 Å². The van der Waals surface area contributed by atoms with Crippen molar-refractivity contribution in [3.05, 3.63) is 46.7 Å². The first-order valence-electron chi connectivity index (χ1n) is 9.38. The molecule has 0 saturated carbocycles. The highest BCUT2D eigenvalue weighted by Gasteiger charge is 2.25.